The lowest BCUT2D eigenvalue weighted by atomic mass is 9.94. The quantitative estimate of drug-likeness (QED) is 0.678. The van der Waals surface area contributed by atoms with Crippen LogP contribution in [0.1, 0.15) is 18.4 Å². The molecule has 0 heterocycles. The van der Waals surface area contributed by atoms with Crippen molar-refractivity contribution in [3.05, 3.63) is 64.2 Å². The van der Waals surface area contributed by atoms with Crippen LogP contribution in [-0.2, 0) is 10.2 Å². The van der Waals surface area contributed by atoms with Gasteiger partial charge in [-0.2, -0.15) is 0 Å². The number of carbonyl (C=O) groups is 1. The Morgan fingerprint density at radius 1 is 1.13 bits per heavy atom. The first kappa shape index (κ1) is 15.0. The van der Waals surface area contributed by atoms with E-state index in [9.17, 15) is 14.9 Å². The minimum absolute atomic E-state index is 0.0279. The van der Waals surface area contributed by atoms with Gasteiger partial charge in [-0.3, -0.25) is 14.9 Å². The van der Waals surface area contributed by atoms with E-state index in [1.54, 1.807) is 43.5 Å². The van der Waals surface area contributed by atoms with Gasteiger partial charge in [-0.15, -0.1) is 0 Å². The number of non-ortho nitro benzene ring substituents is 1. The van der Waals surface area contributed by atoms with Crippen molar-refractivity contribution in [3.8, 4) is 5.75 Å². The van der Waals surface area contributed by atoms with Crippen LogP contribution in [0.15, 0.2) is 48.5 Å². The van der Waals surface area contributed by atoms with Crippen LogP contribution in [0.5, 0.6) is 5.75 Å². The summed E-state index contributed by atoms with van der Waals surface area (Å²) in [6.45, 7) is 0. The van der Waals surface area contributed by atoms with E-state index in [0.29, 0.717) is 5.69 Å². The summed E-state index contributed by atoms with van der Waals surface area (Å²) in [5, 5.41) is 13.6. The number of nitrogens with zero attached hydrogens (tertiary/aromatic N) is 1. The van der Waals surface area contributed by atoms with Crippen molar-refractivity contribution in [1.82, 2.24) is 0 Å². The third-order valence-electron chi connectivity index (χ3n) is 4.16. The molecule has 118 valence electrons. The van der Waals surface area contributed by atoms with E-state index < -0.39 is 10.3 Å². The first-order valence-corrected chi connectivity index (χ1v) is 7.26. The molecule has 0 unspecified atom stereocenters. The number of ether oxygens (including phenoxy) is 1. The van der Waals surface area contributed by atoms with Crippen LogP contribution in [0.25, 0.3) is 0 Å². The van der Waals surface area contributed by atoms with Gasteiger partial charge in [-0.1, -0.05) is 12.1 Å². The van der Waals surface area contributed by atoms with Crippen LogP contribution < -0.4 is 10.1 Å². The molecule has 0 radical (unpaired) electrons. The number of hydrogen-bond donors (Lipinski definition) is 1. The SMILES string of the molecule is COc1ccc(NC(=O)C2(c3ccc([N+](=O)[O-])cc3)CC2)cc1. The van der Waals surface area contributed by atoms with E-state index in [-0.39, 0.29) is 11.6 Å². The number of nitro benzene ring substituents is 1. The van der Waals surface area contributed by atoms with Crippen LogP contribution in [-0.4, -0.2) is 17.9 Å². The highest BCUT2D eigenvalue weighted by atomic mass is 16.6. The fraction of sp³-hybridized carbons (Fsp3) is 0.235. The summed E-state index contributed by atoms with van der Waals surface area (Å²) in [5.41, 5.74) is 0.966. The molecule has 0 aromatic heterocycles. The van der Waals surface area contributed by atoms with Gasteiger partial charge in [-0.05, 0) is 42.7 Å². The van der Waals surface area contributed by atoms with Gasteiger partial charge in [0.15, 0.2) is 0 Å². The third-order valence-corrected chi connectivity index (χ3v) is 4.16. The number of nitro groups is 1. The van der Waals surface area contributed by atoms with E-state index in [2.05, 4.69) is 5.32 Å². The van der Waals surface area contributed by atoms with Crippen molar-refractivity contribution in [3.63, 3.8) is 0 Å². The first-order chi connectivity index (χ1) is 11.0. The molecule has 0 aliphatic heterocycles. The Kier molecular flexibility index (Phi) is 3.73. The highest BCUT2D eigenvalue weighted by Crippen LogP contribution is 2.49. The lowest BCUT2D eigenvalue weighted by Crippen LogP contribution is -2.27. The second-order valence-corrected chi connectivity index (χ2v) is 5.57. The minimum atomic E-state index is -0.574. The van der Waals surface area contributed by atoms with Crippen LogP contribution in [0.2, 0.25) is 0 Å². The number of amides is 1. The van der Waals surface area contributed by atoms with Crippen LogP contribution in [0.3, 0.4) is 0 Å². The maximum Gasteiger partial charge on any atom is 0.269 e. The van der Waals surface area contributed by atoms with Crippen molar-refractivity contribution in [1.29, 1.82) is 0 Å². The van der Waals surface area contributed by atoms with E-state index >= 15 is 0 Å². The summed E-state index contributed by atoms with van der Waals surface area (Å²) < 4.78 is 5.09. The van der Waals surface area contributed by atoms with Crippen molar-refractivity contribution in [2.45, 2.75) is 18.3 Å². The van der Waals surface area contributed by atoms with Crippen LogP contribution in [0.4, 0.5) is 11.4 Å². The van der Waals surface area contributed by atoms with Crippen LogP contribution in [0, 0.1) is 10.1 Å². The molecule has 1 amide bonds. The topological polar surface area (TPSA) is 81.5 Å². The lowest BCUT2D eigenvalue weighted by Gasteiger charge is -2.16. The molecule has 1 aliphatic carbocycles. The van der Waals surface area contributed by atoms with Gasteiger partial charge in [-0.25, -0.2) is 0 Å². The number of anilines is 1. The van der Waals surface area contributed by atoms with E-state index in [4.69, 9.17) is 4.74 Å². The molecular weight excluding hydrogens is 296 g/mol. The summed E-state index contributed by atoms with van der Waals surface area (Å²) in [6, 6.07) is 13.3. The van der Waals surface area contributed by atoms with Gasteiger partial charge in [0.1, 0.15) is 5.75 Å². The van der Waals surface area contributed by atoms with Gasteiger partial charge in [0.2, 0.25) is 5.91 Å². The molecule has 6 nitrogen and oxygen atoms in total. The molecule has 0 bridgehead atoms. The standard InChI is InChI=1S/C17H16N2O4/c1-23-15-8-4-13(5-9-15)18-16(20)17(10-11-17)12-2-6-14(7-3-12)19(21)22/h2-9H,10-11H2,1H3,(H,18,20). The Morgan fingerprint density at radius 2 is 1.74 bits per heavy atom. The molecule has 0 atom stereocenters. The normalized spacial score (nSPS) is 14.8. The predicted octanol–water partition coefficient (Wildman–Crippen LogP) is 3.27. The summed E-state index contributed by atoms with van der Waals surface area (Å²) in [6.07, 6.45) is 1.49. The van der Waals surface area contributed by atoms with Crippen molar-refractivity contribution >= 4 is 17.3 Å². The van der Waals surface area contributed by atoms with Crippen molar-refractivity contribution in [2.75, 3.05) is 12.4 Å². The Hall–Kier alpha value is -2.89. The number of benzene rings is 2. The highest BCUT2D eigenvalue weighted by Gasteiger charge is 2.51. The molecule has 1 saturated carbocycles. The number of methoxy groups -OCH3 is 1. The third kappa shape index (κ3) is 2.88. The molecule has 23 heavy (non-hydrogen) atoms. The largest absolute Gasteiger partial charge is 0.497 e. The summed E-state index contributed by atoms with van der Waals surface area (Å²) in [7, 11) is 1.58. The smallest absolute Gasteiger partial charge is 0.269 e. The zero-order valence-electron chi connectivity index (χ0n) is 12.6. The second kappa shape index (κ2) is 5.72. The van der Waals surface area contributed by atoms with E-state index in [0.717, 1.165) is 24.2 Å². The molecule has 2 aromatic carbocycles. The molecule has 1 fully saturated rings. The Bertz CT molecular complexity index is 734. The summed E-state index contributed by atoms with van der Waals surface area (Å²) in [5.74, 6) is 0.635. The molecule has 1 aliphatic rings. The minimum Gasteiger partial charge on any atom is -0.497 e. The van der Waals surface area contributed by atoms with Gasteiger partial charge in [0.05, 0.1) is 17.4 Å². The monoisotopic (exact) mass is 312 g/mol. The average Bonchev–Trinajstić information content (AvgIpc) is 3.37. The molecule has 0 spiro atoms. The zero-order chi connectivity index (χ0) is 16.4. The number of hydrogen-bond acceptors (Lipinski definition) is 4. The molecule has 3 rings (SSSR count). The Balaban J connectivity index is 1.76. The first-order valence-electron chi connectivity index (χ1n) is 7.26. The number of rotatable bonds is 5. The van der Waals surface area contributed by atoms with Gasteiger partial charge >= 0.3 is 0 Å². The molecule has 1 N–H and O–H groups in total. The fourth-order valence-corrected chi connectivity index (χ4v) is 2.60. The number of carbonyl (C=O) groups excluding carboxylic acids is 1. The van der Waals surface area contributed by atoms with Crippen LogP contribution >= 0.6 is 0 Å². The molecule has 0 saturated heterocycles. The van der Waals surface area contributed by atoms with Gasteiger partial charge in [0.25, 0.3) is 5.69 Å². The van der Waals surface area contributed by atoms with Gasteiger partial charge in [0, 0.05) is 17.8 Å². The van der Waals surface area contributed by atoms with Gasteiger partial charge < -0.3 is 10.1 Å². The Labute approximate surface area is 133 Å². The molecule has 6 heteroatoms. The summed E-state index contributed by atoms with van der Waals surface area (Å²) >= 11 is 0. The molecular formula is C17H16N2O4. The lowest BCUT2D eigenvalue weighted by molar-refractivity contribution is -0.384. The van der Waals surface area contributed by atoms with E-state index in [1.807, 2.05) is 0 Å². The molecule has 2 aromatic rings. The maximum absolute atomic E-state index is 12.6. The van der Waals surface area contributed by atoms with E-state index in [1.165, 1.54) is 12.1 Å². The second-order valence-electron chi connectivity index (χ2n) is 5.57. The average molecular weight is 312 g/mol. The number of nitrogens with one attached hydrogen (secondary N) is 1. The fourth-order valence-electron chi connectivity index (χ4n) is 2.60. The van der Waals surface area contributed by atoms with Crippen molar-refractivity contribution < 1.29 is 14.5 Å². The van der Waals surface area contributed by atoms with Crippen molar-refractivity contribution in [2.24, 2.45) is 0 Å². The highest BCUT2D eigenvalue weighted by molar-refractivity contribution is 6.01. The Morgan fingerprint density at radius 3 is 2.22 bits per heavy atom. The maximum atomic E-state index is 12.6. The predicted molar refractivity (Wildman–Crippen MR) is 85.6 cm³/mol. The zero-order valence-corrected chi connectivity index (χ0v) is 12.6. The summed E-state index contributed by atoms with van der Waals surface area (Å²) in [4.78, 5) is 22.9.